The highest BCUT2D eigenvalue weighted by Crippen LogP contribution is 2.33. The number of para-hydroxylation sites is 1. The maximum Gasteiger partial charge on any atom is 0.409 e. The summed E-state index contributed by atoms with van der Waals surface area (Å²) in [7, 11) is 1.48. The van der Waals surface area contributed by atoms with Crippen LogP contribution in [0, 0.1) is 0 Å². The van der Waals surface area contributed by atoms with Crippen molar-refractivity contribution in [2.24, 2.45) is 0 Å². The number of nitrogens with zero attached hydrogens (tertiary/aromatic N) is 1. The number of hydrogen-bond acceptors (Lipinski definition) is 5. The molecule has 1 atom stereocenters. The van der Waals surface area contributed by atoms with Crippen molar-refractivity contribution in [2.75, 3.05) is 18.1 Å². The number of hydrazine groups is 1. The fourth-order valence-electron chi connectivity index (χ4n) is 3.18. The number of rotatable bonds is 3. The number of nitrogens with two attached hydrogens (primary N) is 1. The number of carbonyl (C=O) groups is 1. The zero-order valence-electron chi connectivity index (χ0n) is 15.2. The highest BCUT2D eigenvalue weighted by Gasteiger charge is 2.42. The van der Waals surface area contributed by atoms with Gasteiger partial charge in [0.25, 0.3) is 5.91 Å². The quantitative estimate of drug-likeness (QED) is 0.577. The van der Waals surface area contributed by atoms with Crippen LogP contribution in [0.15, 0.2) is 59.0 Å². The van der Waals surface area contributed by atoms with Gasteiger partial charge < -0.3 is 20.5 Å². The van der Waals surface area contributed by atoms with E-state index in [1.807, 2.05) is 12.1 Å². The standard InChI is InChI=1S/C20H17F3N4O2/c1-27-15(10-18(26-27)20(21,22)23)13-7-6-12(9-14(13)24)25-19(28)17-8-11-4-2-3-5-16(11)29-17/h2-10,18,26H,24H2,1H3,(H,25,28). The van der Waals surface area contributed by atoms with Crippen molar-refractivity contribution in [2.45, 2.75) is 12.2 Å². The molecule has 4 N–H and O–H groups in total. The van der Waals surface area contributed by atoms with Crippen LogP contribution in [0.2, 0.25) is 0 Å². The van der Waals surface area contributed by atoms with Crippen molar-refractivity contribution in [3.63, 3.8) is 0 Å². The number of halogens is 3. The van der Waals surface area contributed by atoms with E-state index in [0.717, 1.165) is 11.5 Å². The van der Waals surface area contributed by atoms with Gasteiger partial charge in [0.05, 0.1) is 5.70 Å². The first kappa shape index (κ1) is 18.9. The molecule has 0 radical (unpaired) electrons. The lowest BCUT2D eigenvalue weighted by molar-refractivity contribution is -0.148. The van der Waals surface area contributed by atoms with Gasteiger partial charge in [-0.15, -0.1) is 0 Å². The minimum Gasteiger partial charge on any atom is -0.451 e. The Labute approximate surface area is 163 Å². The Morgan fingerprint density at radius 3 is 2.62 bits per heavy atom. The van der Waals surface area contributed by atoms with E-state index in [0.29, 0.717) is 22.5 Å². The molecule has 0 bridgehead atoms. The Kier molecular flexibility index (Phi) is 4.46. The van der Waals surface area contributed by atoms with Gasteiger partial charge in [-0.05, 0) is 36.4 Å². The maximum atomic E-state index is 12.9. The van der Waals surface area contributed by atoms with Crippen molar-refractivity contribution in [3.8, 4) is 0 Å². The number of amides is 1. The Morgan fingerprint density at radius 1 is 1.21 bits per heavy atom. The van der Waals surface area contributed by atoms with Crippen molar-refractivity contribution >= 4 is 33.9 Å². The molecule has 6 nitrogen and oxygen atoms in total. The smallest absolute Gasteiger partial charge is 0.409 e. The monoisotopic (exact) mass is 402 g/mol. The molecule has 9 heteroatoms. The molecule has 0 spiro atoms. The Bertz CT molecular complexity index is 1090. The van der Waals surface area contributed by atoms with Crippen LogP contribution in [0.5, 0.6) is 0 Å². The second-order valence-electron chi connectivity index (χ2n) is 6.66. The molecule has 1 unspecified atom stereocenters. The molecular weight excluding hydrogens is 385 g/mol. The minimum atomic E-state index is -4.41. The fraction of sp³-hybridized carbons (Fsp3) is 0.150. The maximum absolute atomic E-state index is 12.9. The van der Waals surface area contributed by atoms with Gasteiger partial charge >= 0.3 is 6.18 Å². The van der Waals surface area contributed by atoms with Crippen LogP contribution in [0.4, 0.5) is 24.5 Å². The summed E-state index contributed by atoms with van der Waals surface area (Å²) in [4.78, 5) is 12.4. The lowest BCUT2D eigenvalue weighted by Gasteiger charge is -2.20. The van der Waals surface area contributed by atoms with E-state index >= 15 is 0 Å². The summed E-state index contributed by atoms with van der Waals surface area (Å²) < 4.78 is 44.4. The fourth-order valence-corrected chi connectivity index (χ4v) is 3.18. The Hall–Kier alpha value is -3.46. The van der Waals surface area contributed by atoms with Gasteiger partial charge in [0, 0.05) is 29.4 Å². The van der Waals surface area contributed by atoms with Gasteiger partial charge in [0.15, 0.2) is 5.76 Å². The average molecular weight is 402 g/mol. The second-order valence-corrected chi connectivity index (χ2v) is 6.66. The number of fused-ring (bicyclic) bond motifs is 1. The van der Waals surface area contributed by atoms with Crippen molar-refractivity contribution < 1.29 is 22.4 Å². The first-order valence-corrected chi connectivity index (χ1v) is 8.70. The van der Waals surface area contributed by atoms with Gasteiger partial charge in [0.2, 0.25) is 0 Å². The SMILES string of the molecule is CN1NC(C(F)(F)F)C=C1c1ccc(NC(=O)c2cc3ccccc3o2)cc1N. The third-order valence-corrected chi connectivity index (χ3v) is 4.61. The summed E-state index contributed by atoms with van der Waals surface area (Å²) in [6.45, 7) is 0. The number of carbonyl (C=O) groups excluding carboxylic acids is 1. The van der Waals surface area contributed by atoms with Crippen LogP contribution >= 0.6 is 0 Å². The van der Waals surface area contributed by atoms with Crippen molar-refractivity contribution in [1.82, 2.24) is 10.4 Å². The minimum absolute atomic E-state index is 0.143. The molecule has 1 aliphatic heterocycles. The molecule has 29 heavy (non-hydrogen) atoms. The van der Waals surface area contributed by atoms with Crippen LogP contribution < -0.4 is 16.5 Å². The topological polar surface area (TPSA) is 83.5 Å². The lowest BCUT2D eigenvalue weighted by atomic mass is 10.1. The number of anilines is 2. The highest BCUT2D eigenvalue weighted by molar-refractivity contribution is 6.05. The molecular formula is C20H17F3N4O2. The second kappa shape index (κ2) is 6.85. The van der Waals surface area contributed by atoms with Crippen LogP contribution in [0.3, 0.4) is 0 Å². The van der Waals surface area contributed by atoms with Gasteiger partial charge in [-0.1, -0.05) is 18.2 Å². The molecule has 0 saturated carbocycles. The van der Waals surface area contributed by atoms with E-state index in [2.05, 4.69) is 10.7 Å². The van der Waals surface area contributed by atoms with E-state index in [9.17, 15) is 18.0 Å². The molecule has 1 aromatic heterocycles. The molecule has 150 valence electrons. The van der Waals surface area contributed by atoms with E-state index in [1.165, 1.54) is 18.1 Å². The van der Waals surface area contributed by atoms with Gasteiger partial charge in [-0.25, -0.2) is 5.43 Å². The molecule has 0 aliphatic carbocycles. The van der Waals surface area contributed by atoms with Gasteiger partial charge in [0.1, 0.15) is 11.6 Å². The van der Waals surface area contributed by atoms with Crippen LogP contribution in [-0.2, 0) is 0 Å². The van der Waals surface area contributed by atoms with Gasteiger partial charge in [-0.2, -0.15) is 13.2 Å². The third-order valence-electron chi connectivity index (χ3n) is 4.61. The summed E-state index contributed by atoms with van der Waals surface area (Å²) in [5.41, 5.74) is 10.3. The molecule has 3 aromatic rings. The zero-order chi connectivity index (χ0) is 20.8. The number of nitrogen functional groups attached to an aromatic ring is 1. The molecule has 0 saturated heterocycles. The van der Waals surface area contributed by atoms with E-state index < -0.39 is 18.1 Å². The molecule has 2 aromatic carbocycles. The summed E-state index contributed by atoms with van der Waals surface area (Å²) in [5.74, 6) is -0.311. The summed E-state index contributed by atoms with van der Waals surface area (Å²) in [6, 6.07) is 11.7. The predicted octanol–water partition coefficient (Wildman–Crippen LogP) is 3.99. The van der Waals surface area contributed by atoms with Crippen LogP contribution in [0.1, 0.15) is 16.1 Å². The third kappa shape index (κ3) is 3.64. The number of nitrogens with one attached hydrogen (secondary N) is 2. The molecule has 0 fully saturated rings. The van der Waals surface area contributed by atoms with Crippen LogP contribution in [0.25, 0.3) is 16.7 Å². The number of alkyl halides is 3. The predicted molar refractivity (Wildman–Crippen MR) is 104 cm³/mol. The molecule has 4 rings (SSSR count). The number of furan rings is 1. The van der Waals surface area contributed by atoms with Crippen LogP contribution in [-0.4, -0.2) is 30.2 Å². The van der Waals surface area contributed by atoms with E-state index in [4.69, 9.17) is 10.2 Å². The van der Waals surface area contributed by atoms with Gasteiger partial charge in [-0.3, -0.25) is 4.79 Å². The molecule has 1 amide bonds. The average Bonchev–Trinajstić information content (AvgIpc) is 3.25. The summed E-state index contributed by atoms with van der Waals surface area (Å²) in [5, 5.41) is 4.76. The molecule has 2 heterocycles. The number of hydrogen-bond donors (Lipinski definition) is 3. The van der Waals surface area contributed by atoms with Crippen molar-refractivity contribution in [1.29, 1.82) is 0 Å². The zero-order valence-corrected chi connectivity index (χ0v) is 15.2. The normalized spacial score (nSPS) is 16.9. The summed E-state index contributed by atoms with van der Waals surface area (Å²) in [6.07, 6.45) is -3.34. The Balaban J connectivity index is 1.55. The van der Waals surface area contributed by atoms with Crippen molar-refractivity contribution in [3.05, 3.63) is 65.9 Å². The Morgan fingerprint density at radius 2 is 1.97 bits per heavy atom. The lowest BCUT2D eigenvalue weighted by Crippen LogP contribution is -2.42. The largest absolute Gasteiger partial charge is 0.451 e. The number of benzene rings is 2. The van der Waals surface area contributed by atoms with E-state index in [1.54, 1.807) is 30.3 Å². The molecule has 1 aliphatic rings. The first-order valence-electron chi connectivity index (χ1n) is 8.70. The first-order chi connectivity index (χ1) is 13.7. The van der Waals surface area contributed by atoms with E-state index in [-0.39, 0.29) is 11.4 Å². The summed E-state index contributed by atoms with van der Waals surface area (Å²) >= 11 is 0. The highest BCUT2D eigenvalue weighted by atomic mass is 19.4.